The van der Waals surface area contributed by atoms with Crippen LogP contribution in [0.3, 0.4) is 0 Å². The molecule has 0 saturated carbocycles. The molecule has 2 aromatic carbocycles. The molecule has 0 spiro atoms. The molecule has 0 radical (unpaired) electrons. The van der Waals surface area contributed by atoms with Crippen molar-refractivity contribution in [3.05, 3.63) is 59.2 Å². The van der Waals surface area contributed by atoms with Gasteiger partial charge in [-0.3, -0.25) is 0 Å². The minimum atomic E-state index is -3.57. The van der Waals surface area contributed by atoms with Gasteiger partial charge >= 0.3 is 0 Å². The summed E-state index contributed by atoms with van der Waals surface area (Å²) in [7, 11) is -3.57. The normalized spacial score (nSPS) is 12.9. The zero-order chi connectivity index (χ0) is 17.0. The highest BCUT2D eigenvalue weighted by molar-refractivity contribution is 7.89. The Bertz CT molecular complexity index is 767. The fourth-order valence-electron chi connectivity index (χ4n) is 2.47. The van der Waals surface area contributed by atoms with Crippen LogP contribution in [0.1, 0.15) is 36.6 Å². The standard InChI is InChI=1S/C18H23NO3S/c1-5-22-16-8-10-17(11-9-16)23(20,21)19-15(4)18-12-13(2)6-7-14(18)3/h6-12,15,19H,5H2,1-4H3. The molecule has 4 nitrogen and oxygen atoms in total. The molecule has 0 amide bonds. The molecule has 0 aliphatic heterocycles. The Morgan fingerprint density at radius 3 is 2.35 bits per heavy atom. The highest BCUT2D eigenvalue weighted by Crippen LogP contribution is 2.22. The van der Waals surface area contributed by atoms with Gasteiger partial charge in [0.25, 0.3) is 0 Å². The molecule has 1 atom stereocenters. The van der Waals surface area contributed by atoms with Gasteiger partial charge in [0.1, 0.15) is 5.75 Å². The van der Waals surface area contributed by atoms with Gasteiger partial charge in [0.2, 0.25) is 10.0 Å². The molecule has 5 heteroatoms. The second-order valence-corrected chi connectivity index (χ2v) is 7.32. The van der Waals surface area contributed by atoms with Crippen LogP contribution in [0.2, 0.25) is 0 Å². The summed E-state index contributed by atoms with van der Waals surface area (Å²) in [6.07, 6.45) is 0. The maximum atomic E-state index is 12.5. The number of ether oxygens (including phenoxy) is 1. The van der Waals surface area contributed by atoms with Gasteiger partial charge < -0.3 is 4.74 Å². The lowest BCUT2D eigenvalue weighted by Crippen LogP contribution is -2.27. The van der Waals surface area contributed by atoms with Crippen molar-refractivity contribution in [1.82, 2.24) is 4.72 Å². The largest absolute Gasteiger partial charge is 0.494 e. The lowest BCUT2D eigenvalue weighted by molar-refractivity contribution is 0.340. The molecule has 0 saturated heterocycles. The first-order valence-corrected chi connectivity index (χ1v) is 9.14. The first-order chi connectivity index (χ1) is 10.8. The summed E-state index contributed by atoms with van der Waals surface area (Å²) < 4.78 is 33.1. The maximum absolute atomic E-state index is 12.5. The number of sulfonamides is 1. The Balaban J connectivity index is 2.21. The van der Waals surface area contributed by atoms with Crippen LogP contribution in [0.4, 0.5) is 0 Å². The van der Waals surface area contributed by atoms with Gasteiger partial charge in [0.05, 0.1) is 11.5 Å². The van der Waals surface area contributed by atoms with Crippen molar-refractivity contribution in [1.29, 1.82) is 0 Å². The van der Waals surface area contributed by atoms with Gasteiger partial charge in [-0.2, -0.15) is 0 Å². The summed E-state index contributed by atoms with van der Waals surface area (Å²) in [6, 6.07) is 12.2. The van der Waals surface area contributed by atoms with Crippen LogP contribution < -0.4 is 9.46 Å². The lowest BCUT2D eigenvalue weighted by atomic mass is 10.0. The molecule has 0 heterocycles. The highest BCUT2D eigenvalue weighted by Gasteiger charge is 2.19. The topological polar surface area (TPSA) is 55.4 Å². The van der Waals surface area contributed by atoms with Gasteiger partial charge in [-0.1, -0.05) is 23.8 Å². The molecule has 23 heavy (non-hydrogen) atoms. The summed E-state index contributed by atoms with van der Waals surface area (Å²) in [5.41, 5.74) is 3.16. The van der Waals surface area contributed by atoms with Crippen molar-refractivity contribution in [2.75, 3.05) is 6.61 Å². The first-order valence-electron chi connectivity index (χ1n) is 7.66. The zero-order valence-electron chi connectivity index (χ0n) is 14.0. The van der Waals surface area contributed by atoms with E-state index in [1.54, 1.807) is 24.3 Å². The molecule has 0 aromatic heterocycles. The van der Waals surface area contributed by atoms with E-state index in [0.717, 1.165) is 16.7 Å². The summed E-state index contributed by atoms with van der Waals surface area (Å²) in [6.45, 7) is 8.27. The molecule has 2 aromatic rings. The van der Waals surface area contributed by atoms with Gasteiger partial charge in [-0.15, -0.1) is 0 Å². The minimum Gasteiger partial charge on any atom is -0.494 e. The maximum Gasteiger partial charge on any atom is 0.241 e. The minimum absolute atomic E-state index is 0.234. The Morgan fingerprint density at radius 1 is 1.09 bits per heavy atom. The molecular weight excluding hydrogens is 310 g/mol. The predicted octanol–water partition coefficient (Wildman–Crippen LogP) is 3.74. The van der Waals surface area contributed by atoms with E-state index in [9.17, 15) is 8.42 Å². The quantitative estimate of drug-likeness (QED) is 0.876. The second kappa shape index (κ2) is 7.15. The van der Waals surface area contributed by atoms with E-state index in [0.29, 0.717) is 12.4 Å². The van der Waals surface area contributed by atoms with Crippen molar-refractivity contribution >= 4 is 10.0 Å². The molecule has 0 bridgehead atoms. The molecule has 124 valence electrons. The Morgan fingerprint density at radius 2 is 1.74 bits per heavy atom. The second-order valence-electron chi connectivity index (χ2n) is 5.61. The summed E-state index contributed by atoms with van der Waals surface area (Å²) in [4.78, 5) is 0.234. The summed E-state index contributed by atoms with van der Waals surface area (Å²) >= 11 is 0. The molecular formula is C18H23NO3S. The summed E-state index contributed by atoms with van der Waals surface area (Å²) in [5.74, 6) is 0.661. The number of benzene rings is 2. The molecule has 0 fully saturated rings. The number of nitrogens with one attached hydrogen (secondary N) is 1. The molecule has 0 aliphatic carbocycles. The average Bonchev–Trinajstić information content (AvgIpc) is 2.50. The third-order valence-corrected chi connectivity index (χ3v) is 5.23. The van der Waals surface area contributed by atoms with Gasteiger partial charge in [0.15, 0.2) is 0 Å². The number of aryl methyl sites for hydroxylation is 2. The van der Waals surface area contributed by atoms with E-state index in [1.807, 2.05) is 45.9 Å². The van der Waals surface area contributed by atoms with E-state index in [2.05, 4.69) is 4.72 Å². The van der Waals surface area contributed by atoms with Crippen LogP contribution in [0.25, 0.3) is 0 Å². The first kappa shape index (κ1) is 17.5. The Kier molecular flexibility index (Phi) is 5.44. The van der Waals surface area contributed by atoms with Crippen molar-refractivity contribution in [2.45, 2.75) is 38.6 Å². The van der Waals surface area contributed by atoms with Crippen LogP contribution in [-0.2, 0) is 10.0 Å². The van der Waals surface area contributed by atoms with Gasteiger partial charge in [-0.25, -0.2) is 13.1 Å². The van der Waals surface area contributed by atoms with Gasteiger partial charge in [0, 0.05) is 6.04 Å². The summed E-state index contributed by atoms with van der Waals surface area (Å²) in [5, 5.41) is 0. The lowest BCUT2D eigenvalue weighted by Gasteiger charge is -2.17. The monoisotopic (exact) mass is 333 g/mol. The Labute approximate surface area is 138 Å². The predicted molar refractivity (Wildman–Crippen MR) is 92.3 cm³/mol. The zero-order valence-corrected chi connectivity index (χ0v) is 14.8. The molecule has 1 N–H and O–H groups in total. The number of hydrogen-bond donors (Lipinski definition) is 1. The average molecular weight is 333 g/mol. The fraction of sp³-hybridized carbons (Fsp3) is 0.333. The van der Waals surface area contributed by atoms with Crippen LogP contribution in [0.15, 0.2) is 47.4 Å². The van der Waals surface area contributed by atoms with E-state index < -0.39 is 10.0 Å². The molecule has 2 rings (SSSR count). The van der Waals surface area contributed by atoms with Crippen molar-refractivity contribution in [2.24, 2.45) is 0 Å². The third kappa shape index (κ3) is 4.33. The van der Waals surface area contributed by atoms with Crippen LogP contribution in [-0.4, -0.2) is 15.0 Å². The highest BCUT2D eigenvalue weighted by atomic mass is 32.2. The molecule has 0 aliphatic rings. The van der Waals surface area contributed by atoms with Crippen LogP contribution in [0.5, 0.6) is 5.75 Å². The SMILES string of the molecule is CCOc1ccc(S(=O)(=O)NC(C)c2cc(C)ccc2C)cc1. The smallest absolute Gasteiger partial charge is 0.241 e. The van der Waals surface area contributed by atoms with Crippen molar-refractivity contribution < 1.29 is 13.2 Å². The van der Waals surface area contributed by atoms with E-state index in [4.69, 9.17) is 4.74 Å². The van der Waals surface area contributed by atoms with Crippen molar-refractivity contribution in [3.8, 4) is 5.75 Å². The van der Waals surface area contributed by atoms with Crippen LogP contribution in [0, 0.1) is 13.8 Å². The van der Waals surface area contributed by atoms with Crippen LogP contribution >= 0.6 is 0 Å². The molecule has 1 unspecified atom stereocenters. The number of rotatable bonds is 6. The fourth-order valence-corrected chi connectivity index (χ4v) is 3.70. The van der Waals surface area contributed by atoms with E-state index in [-0.39, 0.29) is 10.9 Å². The third-order valence-electron chi connectivity index (χ3n) is 3.68. The number of hydrogen-bond acceptors (Lipinski definition) is 3. The Hall–Kier alpha value is -1.85. The van der Waals surface area contributed by atoms with Gasteiger partial charge in [-0.05, 0) is 63.1 Å². The van der Waals surface area contributed by atoms with E-state index >= 15 is 0 Å². The van der Waals surface area contributed by atoms with Crippen molar-refractivity contribution in [3.63, 3.8) is 0 Å². The van der Waals surface area contributed by atoms with E-state index in [1.165, 1.54) is 0 Å².